The Labute approximate surface area is 201 Å². The van der Waals surface area contributed by atoms with Crippen molar-refractivity contribution in [3.63, 3.8) is 0 Å². The van der Waals surface area contributed by atoms with Gasteiger partial charge in [0.1, 0.15) is 0 Å². The number of para-hydroxylation sites is 1. The Kier molecular flexibility index (Phi) is 10.8. The molecule has 0 aliphatic carbocycles. The van der Waals surface area contributed by atoms with Crippen LogP contribution >= 0.6 is 0 Å². The molecule has 0 bridgehead atoms. The Bertz CT molecular complexity index is 948. The van der Waals surface area contributed by atoms with Crippen LogP contribution in [-0.2, 0) is 9.59 Å². The summed E-state index contributed by atoms with van der Waals surface area (Å²) in [4.78, 5) is 38.7. The number of carbonyl (C=O) groups is 3. The Morgan fingerprint density at radius 3 is 2.12 bits per heavy atom. The normalized spacial score (nSPS) is 12.7. The summed E-state index contributed by atoms with van der Waals surface area (Å²) >= 11 is 0. The molecular formula is C26H34N4O4. The monoisotopic (exact) mass is 466 g/mol. The average Bonchev–Trinajstić information content (AvgIpc) is 2.84. The molecule has 0 fully saturated rings. The highest BCUT2D eigenvalue weighted by atomic mass is 16.5. The van der Waals surface area contributed by atoms with Crippen molar-refractivity contribution in [3.8, 4) is 0 Å². The van der Waals surface area contributed by atoms with Gasteiger partial charge in [-0.05, 0) is 43.4 Å². The largest absolute Gasteiger partial charge is 0.340 e. The van der Waals surface area contributed by atoms with Gasteiger partial charge in [0.05, 0.1) is 17.5 Å². The molecule has 2 rings (SSSR count). The maximum Gasteiger partial charge on any atom is 0.340 e. The van der Waals surface area contributed by atoms with E-state index < -0.39 is 29.7 Å². The van der Waals surface area contributed by atoms with Crippen LogP contribution in [0.1, 0.15) is 39.2 Å². The van der Waals surface area contributed by atoms with Crippen LogP contribution in [-0.4, -0.2) is 29.6 Å². The number of allylic oxidation sites excluding steroid dienone is 1. The molecule has 34 heavy (non-hydrogen) atoms. The predicted molar refractivity (Wildman–Crippen MR) is 133 cm³/mol. The van der Waals surface area contributed by atoms with Crippen molar-refractivity contribution < 1.29 is 19.6 Å². The third-order valence-corrected chi connectivity index (χ3v) is 5.26. The van der Waals surface area contributed by atoms with Gasteiger partial charge in [-0.2, -0.15) is 0 Å². The van der Waals surface area contributed by atoms with Gasteiger partial charge in [-0.25, -0.2) is 15.3 Å². The van der Waals surface area contributed by atoms with Gasteiger partial charge in [-0.3, -0.25) is 20.2 Å². The fraction of sp³-hybridized carbons (Fsp3) is 0.346. The highest BCUT2D eigenvalue weighted by molar-refractivity contribution is 5.96. The first-order chi connectivity index (χ1) is 16.4. The van der Waals surface area contributed by atoms with Crippen LogP contribution in [0, 0.1) is 17.8 Å². The minimum Gasteiger partial charge on any atom is -0.337 e. The van der Waals surface area contributed by atoms with E-state index in [1.54, 1.807) is 36.7 Å². The van der Waals surface area contributed by atoms with E-state index in [9.17, 15) is 19.6 Å². The number of nitrogens with zero attached hydrogens (tertiary/aromatic N) is 1. The molecule has 182 valence electrons. The average molecular weight is 467 g/mol. The van der Waals surface area contributed by atoms with Crippen molar-refractivity contribution in [3.05, 3.63) is 72.3 Å². The lowest BCUT2D eigenvalue weighted by molar-refractivity contribution is -0.140. The van der Waals surface area contributed by atoms with Crippen LogP contribution in [0.3, 0.4) is 0 Å². The molecular weight excluding hydrogens is 432 g/mol. The summed E-state index contributed by atoms with van der Waals surface area (Å²) in [6.07, 6.45) is 4.31. The van der Waals surface area contributed by atoms with Crippen molar-refractivity contribution in [1.82, 2.24) is 16.2 Å². The molecule has 2 aromatic carbocycles. The topological polar surface area (TPSA) is 111 Å². The van der Waals surface area contributed by atoms with E-state index >= 15 is 0 Å². The van der Waals surface area contributed by atoms with Crippen LogP contribution in [0.25, 0.3) is 6.08 Å². The molecule has 4 N–H and O–H groups in total. The van der Waals surface area contributed by atoms with Crippen LogP contribution in [0.15, 0.2) is 66.7 Å². The predicted octanol–water partition coefficient (Wildman–Crippen LogP) is 4.14. The van der Waals surface area contributed by atoms with Gasteiger partial charge in [-0.1, -0.05) is 74.5 Å². The van der Waals surface area contributed by atoms with Crippen molar-refractivity contribution in [2.75, 3.05) is 11.6 Å². The van der Waals surface area contributed by atoms with E-state index in [4.69, 9.17) is 0 Å². The minimum atomic E-state index is -0.834. The molecule has 4 amide bonds. The fourth-order valence-corrected chi connectivity index (χ4v) is 3.65. The van der Waals surface area contributed by atoms with Gasteiger partial charge in [-0.15, -0.1) is 0 Å². The smallest absolute Gasteiger partial charge is 0.337 e. The molecule has 2 aromatic rings. The number of urea groups is 1. The highest BCUT2D eigenvalue weighted by Gasteiger charge is 2.35. The third-order valence-electron chi connectivity index (χ3n) is 5.26. The number of rotatable bonds is 10. The summed E-state index contributed by atoms with van der Waals surface area (Å²) in [6, 6.07) is 17.8. The van der Waals surface area contributed by atoms with Crippen molar-refractivity contribution in [1.29, 1.82) is 0 Å². The van der Waals surface area contributed by atoms with Gasteiger partial charge in [0.25, 0.3) is 0 Å². The molecule has 0 radical (unpaired) electrons. The summed E-state index contributed by atoms with van der Waals surface area (Å²) < 4.78 is 0. The zero-order valence-corrected chi connectivity index (χ0v) is 19.9. The van der Waals surface area contributed by atoms with Crippen molar-refractivity contribution in [2.45, 2.75) is 33.6 Å². The maximum atomic E-state index is 13.4. The van der Waals surface area contributed by atoms with Gasteiger partial charge in [0.2, 0.25) is 11.8 Å². The van der Waals surface area contributed by atoms with Crippen molar-refractivity contribution >= 4 is 29.6 Å². The Morgan fingerprint density at radius 1 is 0.941 bits per heavy atom. The summed E-state index contributed by atoms with van der Waals surface area (Å²) in [7, 11) is 0. The molecule has 0 aliphatic rings. The molecule has 0 saturated heterocycles. The van der Waals surface area contributed by atoms with Crippen LogP contribution in [0.5, 0.6) is 0 Å². The number of hydrogen-bond donors (Lipinski definition) is 4. The third kappa shape index (κ3) is 8.04. The number of carbonyl (C=O) groups excluding carboxylic acids is 3. The SMILES string of the molecule is CCNC(=O)N(NC(=O)[C@H](CC(C)C)[C@H](C/C=C/c1ccccc1)C(=O)NO)c1ccccc1. The lowest BCUT2D eigenvalue weighted by Gasteiger charge is -2.29. The standard InChI is InChI=1S/C26H34N4O4/c1-4-27-26(33)30(21-15-9-6-10-16-21)28-24(31)23(18-19(2)3)22(25(32)29-34)17-11-14-20-12-7-5-8-13-20/h5-16,19,22-23,34H,4,17-18H2,1-3H3,(H,27,33)(H,28,31)(H,29,32)/b14-11+/t22-,23+/m0/s1. The van der Waals surface area contributed by atoms with Gasteiger partial charge in [0, 0.05) is 6.54 Å². The lowest BCUT2D eigenvalue weighted by Crippen LogP contribution is -2.54. The molecule has 0 heterocycles. The second-order valence-electron chi connectivity index (χ2n) is 8.35. The highest BCUT2D eigenvalue weighted by Crippen LogP contribution is 2.26. The van der Waals surface area contributed by atoms with Gasteiger partial charge < -0.3 is 5.32 Å². The van der Waals surface area contributed by atoms with E-state index in [0.29, 0.717) is 18.7 Å². The zero-order valence-electron chi connectivity index (χ0n) is 19.9. The Morgan fingerprint density at radius 2 is 1.56 bits per heavy atom. The Hall–Kier alpha value is -3.65. The van der Waals surface area contributed by atoms with E-state index in [-0.39, 0.29) is 12.3 Å². The molecule has 0 aliphatic heterocycles. The summed E-state index contributed by atoms with van der Waals surface area (Å²) in [5.74, 6) is -2.65. The minimum absolute atomic E-state index is 0.0949. The molecule has 8 nitrogen and oxygen atoms in total. The number of benzene rings is 2. The van der Waals surface area contributed by atoms with E-state index in [1.165, 1.54) is 0 Å². The molecule has 8 heteroatoms. The molecule has 2 atom stereocenters. The van der Waals surface area contributed by atoms with Crippen LogP contribution < -0.4 is 21.2 Å². The Balaban J connectivity index is 2.30. The fourth-order valence-electron chi connectivity index (χ4n) is 3.65. The summed E-state index contributed by atoms with van der Waals surface area (Å²) in [6.45, 7) is 6.07. The molecule has 0 spiro atoms. The molecule has 0 unspecified atom stereocenters. The first-order valence-corrected chi connectivity index (χ1v) is 11.5. The lowest BCUT2D eigenvalue weighted by atomic mass is 9.82. The van der Waals surface area contributed by atoms with E-state index in [0.717, 1.165) is 10.6 Å². The number of amides is 4. The zero-order chi connectivity index (χ0) is 24.9. The number of hydrazine groups is 1. The number of anilines is 1. The number of nitrogens with one attached hydrogen (secondary N) is 3. The summed E-state index contributed by atoms with van der Waals surface area (Å²) in [5, 5.41) is 13.2. The quantitative estimate of drug-likeness (QED) is 0.311. The van der Waals surface area contributed by atoms with Crippen LogP contribution in [0.4, 0.5) is 10.5 Å². The summed E-state index contributed by atoms with van der Waals surface area (Å²) in [5.41, 5.74) is 5.84. The number of hydroxylamine groups is 1. The number of hydrogen-bond acceptors (Lipinski definition) is 4. The van der Waals surface area contributed by atoms with E-state index in [1.807, 2.05) is 62.4 Å². The molecule has 0 aromatic heterocycles. The molecule has 0 saturated carbocycles. The van der Waals surface area contributed by atoms with E-state index in [2.05, 4.69) is 10.7 Å². The van der Waals surface area contributed by atoms with Gasteiger partial charge in [0.15, 0.2) is 0 Å². The maximum absolute atomic E-state index is 13.4. The van der Waals surface area contributed by atoms with Crippen LogP contribution in [0.2, 0.25) is 0 Å². The first-order valence-electron chi connectivity index (χ1n) is 11.5. The van der Waals surface area contributed by atoms with Gasteiger partial charge >= 0.3 is 6.03 Å². The second kappa shape index (κ2) is 13.8. The second-order valence-corrected chi connectivity index (χ2v) is 8.35. The first kappa shape index (κ1) is 26.6. The van der Waals surface area contributed by atoms with Crippen molar-refractivity contribution in [2.24, 2.45) is 17.8 Å².